The van der Waals surface area contributed by atoms with E-state index < -0.39 is 0 Å². The lowest BCUT2D eigenvalue weighted by molar-refractivity contribution is 0.0746. The van der Waals surface area contributed by atoms with Crippen molar-refractivity contribution >= 4 is 5.91 Å². The summed E-state index contributed by atoms with van der Waals surface area (Å²) in [7, 11) is 1.65. The molecule has 1 aliphatic heterocycles. The predicted octanol–water partition coefficient (Wildman–Crippen LogP) is 5.18. The Balaban J connectivity index is 1.56. The van der Waals surface area contributed by atoms with Gasteiger partial charge in [-0.15, -0.1) is 0 Å². The van der Waals surface area contributed by atoms with E-state index in [1.807, 2.05) is 47.4 Å². The molecule has 5 nitrogen and oxygen atoms in total. The van der Waals surface area contributed by atoms with Crippen LogP contribution in [0.15, 0.2) is 78.9 Å². The van der Waals surface area contributed by atoms with Crippen LogP contribution in [0.4, 0.5) is 0 Å². The number of nitrogens with zero attached hydrogens (tertiary/aromatic N) is 2. The molecule has 1 unspecified atom stereocenters. The Hall–Kier alpha value is -3.86. The number of benzene rings is 3. The highest BCUT2D eigenvalue weighted by molar-refractivity contribution is 6.00. The van der Waals surface area contributed by atoms with Gasteiger partial charge in [-0.1, -0.05) is 60.2 Å². The maximum atomic E-state index is 13.4. The Kier molecular flexibility index (Phi) is 5.23. The second-order valence-corrected chi connectivity index (χ2v) is 8.14. The molecule has 0 radical (unpaired) electrons. The Bertz CT molecular complexity index is 1230. The van der Waals surface area contributed by atoms with E-state index in [0.29, 0.717) is 12.2 Å². The summed E-state index contributed by atoms with van der Waals surface area (Å²) >= 11 is 0. The van der Waals surface area contributed by atoms with Gasteiger partial charge in [0.05, 0.1) is 18.8 Å². The molecule has 1 atom stereocenters. The van der Waals surface area contributed by atoms with Crippen LogP contribution >= 0.6 is 0 Å². The third-order valence-corrected chi connectivity index (χ3v) is 6.10. The van der Waals surface area contributed by atoms with Crippen LogP contribution < -0.4 is 4.74 Å². The SMILES string of the molecule is COc1ccc(-c2n[nH]c3c2C(c2ccc(C)cc2)N(CCc2ccccc2)C3=O)cc1. The van der Waals surface area contributed by atoms with E-state index >= 15 is 0 Å². The first-order chi connectivity index (χ1) is 15.7. The number of methoxy groups -OCH3 is 1. The Morgan fingerprint density at radius 3 is 2.38 bits per heavy atom. The van der Waals surface area contributed by atoms with Crippen LogP contribution in [0.1, 0.15) is 38.8 Å². The van der Waals surface area contributed by atoms with Crippen LogP contribution in [-0.2, 0) is 6.42 Å². The van der Waals surface area contributed by atoms with Gasteiger partial charge in [0.25, 0.3) is 5.91 Å². The van der Waals surface area contributed by atoms with E-state index in [-0.39, 0.29) is 11.9 Å². The molecule has 1 amide bonds. The number of carbonyl (C=O) groups excluding carboxylic acids is 1. The van der Waals surface area contributed by atoms with Crippen LogP contribution in [0, 0.1) is 6.92 Å². The van der Waals surface area contributed by atoms with E-state index in [1.54, 1.807) is 7.11 Å². The van der Waals surface area contributed by atoms with Gasteiger partial charge in [0.2, 0.25) is 0 Å². The molecule has 5 heteroatoms. The minimum absolute atomic E-state index is 0.00577. The largest absolute Gasteiger partial charge is 0.497 e. The molecule has 0 saturated carbocycles. The number of H-pyrrole nitrogens is 1. The summed E-state index contributed by atoms with van der Waals surface area (Å²) in [5.41, 5.74) is 6.78. The molecule has 1 N–H and O–H groups in total. The van der Waals surface area contributed by atoms with Crippen molar-refractivity contribution in [3.05, 3.63) is 107 Å². The maximum Gasteiger partial charge on any atom is 0.273 e. The minimum Gasteiger partial charge on any atom is -0.497 e. The lowest BCUT2D eigenvalue weighted by Gasteiger charge is -2.26. The van der Waals surface area contributed by atoms with Gasteiger partial charge >= 0.3 is 0 Å². The van der Waals surface area contributed by atoms with Crippen LogP contribution in [0.5, 0.6) is 5.75 Å². The van der Waals surface area contributed by atoms with Gasteiger partial charge in [-0.05, 0) is 48.7 Å². The van der Waals surface area contributed by atoms with Gasteiger partial charge in [0, 0.05) is 17.7 Å². The smallest absolute Gasteiger partial charge is 0.273 e. The molecule has 0 fully saturated rings. The summed E-state index contributed by atoms with van der Waals surface area (Å²) in [5, 5.41) is 7.58. The Morgan fingerprint density at radius 1 is 0.969 bits per heavy atom. The summed E-state index contributed by atoms with van der Waals surface area (Å²) in [5.74, 6) is 0.783. The Labute approximate surface area is 187 Å². The molecule has 0 spiro atoms. The lowest BCUT2D eigenvalue weighted by Crippen LogP contribution is -2.31. The van der Waals surface area contributed by atoms with Gasteiger partial charge < -0.3 is 9.64 Å². The van der Waals surface area contributed by atoms with Crippen molar-refractivity contribution in [2.24, 2.45) is 0 Å². The number of ether oxygens (including phenoxy) is 1. The standard InChI is InChI=1S/C27H25N3O2/c1-18-8-10-21(11-9-18)26-23-24(20-12-14-22(32-2)15-13-20)28-29-25(23)27(31)30(26)17-16-19-6-4-3-5-7-19/h3-15,26H,16-17H2,1-2H3,(H,28,29). The summed E-state index contributed by atoms with van der Waals surface area (Å²) in [6.07, 6.45) is 0.796. The van der Waals surface area contributed by atoms with Crippen molar-refractivity contribution in [3.8, 4) is 17.0 Å². The third-order valence-electron chi connectivity index (χ3n) is 6.10. The molecule has 160 valence electrons. The highest BCUT2D eigenvalue weighted by Gasteiger charge is 2.41. The molecule has 1 aromatic heterocycles. The van der Waals surface area contributed by atoms with Crippen molar-refractivity contribution in [1.82, 2.24) is 15.1 Å². The monoisotopic (exact) mass is 423 g/mol. The number of aromatic nitrogens is 2. The summed E-state index contributed by atoms with van der Waals surface area (Å²) in [6, 6.07) is 26.3. The number of hydrogen-bond donors (Lipinski definition) is 1. The topological polar surface area (TPSA) is 58.2 Å². The van der Waals surface area contributed by atoms with Gasteiger partial charge in [-0.25, -0.2) is 0 Å². The summed E-state index contributed by atoms with van der Waals surface area (Å²) in [4.78, 5) is 15.4. The molecule has 5 rings (SSSR count). The fraction of sp³-hybridized carbons (Fsp3) is 0.185. The minimum atomic E-state index is -0.183. The Morgan fingerprint density at radius 2 is 1.69 bits per heavy atom. The average Bonchev–Trinajstić information content (AvgIpc) is 3.38. The quantitative estimate of drug-likeness (QED) is 0.465. The van der Waals surface area contributed by atoms with Gasteiger partial charge in [0.1, 0.15) is 11.4 Å². The van der Waals surface area contributed by atoms with E-state index in [2.05, 4.69) is 53.5 Å². The number of rotatable bonds is 6. The molecule has 0 bridgehead atoms. The summed E-state index contributed by atoms with van der Waals surface area (Å²) < 4.78 is 5.30. The number of amides is 1. The van der Waals surface area contributed by atoms with E-state index in [9.17, 15) is 4.79 Å². The number of fused-ring (bicyclic) bond motifs is 1. The molecular weight excluding hydrogens is 398 g/mol. The summed E-state index contributed by atoms with van der Waals surface area (Å²) in [6.45, 7) is 2.70. The van der Waals surface area contributed by atoms with E-state index in [0.717, 1.165) is 34.6 Å². The van der Waals surface area contributed by atoms with E-state index in [4.69, 9.17) is 4.74 Å². The fourth-order valence-corrected chi connectivity index (χ4v) is 4.39. The zero-order valence-corrected chi connectivity index (χ0v) is 18.2. The van der Waals surface area contributed by atoms with Gasteiger partial charge in [-0.3, -0.25) is 9.89 Å². The normalized spacial score (nSPS) is 15.1. The number of aromatic amines is 1. The van der Waals surface area contributed by atoms with E-state index in [1.165, 1.54) is 11.1 Å². The molecule has 2 heterocycles. The van der Waals surface area contributed by atoms with Gasteiger partial charge in [-0.2, -0.15) is 5.10 Å². The molecular formula is C27H25N3O2. The van der Waals surface area contributed by atoms with Crippen molar-refractivity contribution in [2.45, 2.75) is 19.4 Å². The number of nitrogens with one attached hydrogen (secondary N) is 1. The van der Waals surface area contributed by atoms with Crippen LogP contribution in [-0.4, -0.2) is 34.7 Å². The molecule has 1 aliphatic rings. The lowest BCUT2D eigenvalue weighted by atomic mass is 9.95. The van der Waals surface area contributed by atoms with Crippen molar-refractivity contribution in [2.75, 3.05) is 13.7 Å². The first-order valence-electron chi connectivity index (χ1n) is 10.8. The molecule has 4 aromatic rings. The molecule has 0 saturated heterocycles. The highest BCUT2D eigenvalue weighted by atomic mass is 16.5. The fourth-order valence-electron chi connectivity index (χ4n) is 4.39. The predicted molar refractivity (Wildman–Crippen MR) is 125 cm³/mol. The maximum absolute atomic E-state index is 13.4. The molecule has 32 heavy (non-hydrogen) atoms. The molecule has 0 aliphatic carbocycles. The van der Waals surface area contributed by atoms with Crippen molar-refractivity contribution in [3.63, 3.8) is 0 Å². The highest BCUT2D eigenvalue weighted by Crippen LogP contribution is 2.43. The first kappa shape index (κ1) is 20.1. The van der Waals surface area contributed by atoms with Crippen molar-refractivity contribution in [1.29, 1.82) is 0 Å². The van der Waals surface area contributed by atoms with Crippen LogP contribution in [0.25, 0.3) is 11.3 Å². The number of aryl methyl sites for hydroxylation is 1. The zero-order valence-electron chi connectivity index (χ0n) is 18.2. The van der Waals surface area contributed by atoms with Crippen LogP contribution in [0.2, 0.25) is 0 Å². The number of hydrogen-bond acceptors (Lipinski definition) is 3. The second-order valence-electron chi connectivity index (χ2n) is 8.14. The average molecular weight is 424 g/mol. The third kappa shape index (κ3) is 3.56. The molecule has 3 aromatic carbocycles. The number of carbonyl (C=O) groups is 1. The van der Waals surface area contributed by atoms with Crippen molar-refractivity contribution < 1.29 is 9.53 Å². The van der Waals surface area contributed by atoms with Crippen LogP contribution in [0.3, 0.4) is 0 Å². The second kappa shape index (κ2) is 8.35. The zero-order chi connectivity index (χ0) is 22.1. The first-order valence-corrected chi connectivity index (χ1v) is 10.8. The van der Waals surface area contributed by atoms with Gasteiger partial charge in [0.15, 0.2) is 0 Å².